The van der Waals surface area contributed by atoms with Crippen molar-refractivity contribution >= 4 is 17.5 Å². The normalized spacial score (nSPS) is 18.4. The molecular weight excluding hydrogens is 411 g/mol. The molecule has 0 spiro atoms. The first-order valence-electron chi connectivity index (χ1n) is 11.6. The van der Waals surface area contributed by atoms with Crippen LogP contribution in [0.4, 0.5) is 4.39 Å². The van der Waals surface area contributed by atoms with E-state index in [1.54, 1.807) is 12.1 Å². The average Bonchev–Trinajstić information content (AvgIpc) is 2.80. The maximum atomic E-state index is 14.1. The quantitative estimate of drug-likeness (QED) is 0.609. The molecule has 31 heavy (non-hydrogen) atoms. The molecule has 166 valence electrons. The molecule has 1 atom stereocenters. The number of rotatable bonds is 6. The highest BCUT2D eigenvalue weighted by atomic mass is 35.5. The Labute approximate surface area is 190 Å². The van der Waals surface area contributed by atoms with Crippen LogP contribution in [0.1, 0.15) is 67.3 Å². The number of carbonyl (C=O) groups is 1. The van der Waals surface area contributed by atoms with Crippen molar-refractivity contribution in [3.05, 3.63) is 69.5 Å². The van der Waals surface area contributed by atoms with Gasteiger partial charge in [-0.25, -0.2) is 4.39 Å². The molecular formula is C26H32ClFN2O. The van der Waals surface area contributed by atoms with Crippen LogP contribution in [0.25, 0.3) is 0 Å². The summed E-state index contributed by atoms with van der Waals surface area (Å²) in [4.78, 5) is 15.2. The summed E-state index contributed by atoms with van der Waals surface area (Å²) in [6.07, 6.45) is 7.33. The van der Waals surface area contributed by atoms with E-state index in [9.17, 15) is 9.18 Å². The van der Waals surface area contributed by atoms with Crippen LogP contribution in [0.2, 0.25) is 5.02 Å². The monoisotopic (exact) mass is 442 g/mol. The number of halogens is 2. The van der Waals surface area contributed by atoms with E-state index in [2.05, 4.69) is 35.3 Å². The van der Waals surface area contributed by atoms with Gasteiger partial charge in [-0.05, 0) is 86.9 Å². The largest absolute Gasteiger partial charge is 0.349 e. The summed E-state index contributed by atoms with van der Waals surface area (Å²) in [5.74, 6) is -0.102. The zero-order chi connectivity index (χ0) is 21.8. The summed E-state index contributed by atoms with van der Waals surface area (Å²) in [6.45, 7) is 4.18. The van der Waals surface area contributed by atoms with Crippen LogP contribution in [0.5, 0.6) is 0 Å². The number of fused-ring (bicyclic) bond motifs is 1. The molecule has 2 aliphatic rings. The first-order valence-corrected chi connectivity index (χ1v) is 12.0. The SMILES string of the molecule is CCC(NC(=O)C1CCN(Cc2c(F)cccc2Cl)CC1)c1ccc2c(c1)CCCC2. The van der Waals surface area contributed by atoms with Gasteiger partial charge in [-0.2, -0.15) is 0 Å². The summed E-state index contributed by atoms with van der Waals surface area (Å²) in [7, 11) is 0. The lowest BCUT2D eigenvalue weighted by molar-refractivity contribution is -0.127. The highest BCUT2D eigenvalue weighted by Gasteiger charge is 2.27. The standard InChI is InChI=1S/C26H32ClFN2O/c1-2-25(21-11-10-18-6-3-4-7-20(18)16-21)29-26(31)19-12-14-30(15-13-19)17-22-23(27)8-5-9-24(22)28/h5,8-11,16,19,25H,2-4,6-7,12-15,17H2,1H3,(H,29,31). The molecule has 1 heterocycles. The number of amides is 1. The predicted octanol–water partition coefficient (Wildman–Crippen LogP) is 5.84. The van der Waals surface area contributed by atoms with E-state index in [4.69, 9.17) is 11.6 Å². The number of nitrogens with one attached hydrogen (secondary N) is 1. The van der Waals surface area contributed by atoms with Gasteiger partial charge in [0.1, 0.15) is 5.82 Å². The first-order chi connectivity index (χ1) is 15.0. The fourth-order valence-corrected chi connectivity index (χ4v) is 5.16. The van der Waals surface area contributed by atoms with Crippen molar-refractivity contribution in [1.29, 1.82) is 0 Å². The minimum Gasteiger partial charge on any atom is -0.349 e. The van der Waals surface area contributed by atoms with Crippen molar-refractivity contribution < 1.29 is 9.18 Å². The lowest BCUT2D eigenvalue weighted by atomic mass is 9.88. The topological polar surface area (TPSA) is 32.3 Å². The van der Waals surface area contributed by atoms with E-state index < -0.39 is 0 Å². The second-order valence-electron chi connectivity index (χ2n) is 8.96. The Morgan fingerprint density at radius 1 is 1.16 bits per heavy atom. The number of nitrogens with zero attached hydrogens (tertiary/aromatic N) is 1. The molecule has 1 aliphatic carbocycles. The summed E-state index contributed by atoms with van der Waals surface area (Å²) in [6, 6.07) is 11.6. The summed E-state index contributed by atoms with van der Waals surface area (Å²) in [5.41, 5.74) is 4.70. The van der Waals surface area contributed by atoms with Crippen LogP contribution in [0.15, 0.2) is 36.4 Å². The van der Waals surface area contributed by atoms with Crippen LogP contribution < -0.4 is 5.32 Å². The van der Waals surface area contributed by atoms with Crippen LogP contribution in [0, 0.1) is 11.7 Å². The first kappa shape index (κ1) is 22.3. The van der Waals surface area contributed by atoms with Gasteiger partial charge >= 0.3 is 0 Å². The lowest BCUT2D eigenvalue weighted by Crippen LogP contribution is -2.41. The Morgan fingerprint density at radius 2 is 1.90 bits per heavy atom. The molecule has 0 aromatic heterocycles. The fraction of sp³-hybridized carbons (Fsp3) is 0.500. The zero-order valence-corrected chi connectivity index (χ0v) is 19.1. The highest BCUT2D eigenvalue weighted by Crippen LogP contribution is 2.28. The van der Waals surface area contributed by atoms with E-state index in [1.807, 2.05) is 0 Å². The second-order valence-corrected chi connectivity index (χ2v) is 9.36. The molecule has 0 bridgehead atoms. The van der Waals surface area contributed by atoms with E-state index in [0.717, 1.165) is 38.8 Å². The Hall–Kier alpha value is -1.91. The van der Waals surface area contributed by atoms with Crippen molar-refractivity contribution in [3.8, 4) is 0 Å². The van der Waals surface area contributed by atoms with Gasteiger partial charge in [0.05, 0.1) is 6.04 Å². The van der Waals surface area contributed by atoms with Gasteiger partial charge in [0.2, 0.25) is 5.91 Å². The maximum absolute atomic E-state index is 14.1. The molecule has 1 N–H and O–H groups in total. The highest BCUT2D eigenvalue weighted by molar-refractivity contribution is 6.31. The summed E-state index contributed by atoms with van der Waals surface area (Å²) < 4.78 is 14.1. The predicted molar refractivity (Wildman–Crippen MR) is 124 cm³/mol. The molecule has 1 saturated heterocycles. The van der Waals surface area contributed by atoms with Crippen molar-refractivity contribution in [2.24, 2.45) is 5.92 Å². The molecule has 5 heteroatoms. The smallest absolute Gasteiger partial charge is 0.223 e. The van der Waals surface area contributed by atoms with Gasteiger partial charge < -0.3 is 5.32 Å². The van der Waals surface area contributed by atoms with Gasteiger partial charge in [0.15, 0.2) is 0 Å². The zero-order valence-electron chi connectivity index (χ0n) is 18.3. The number of carbonyl (C=O) groups excluding carboxylic acids is 1. The summed E-state index contributed by atoms with van der Waals surface area (Å²) >= 11 is 6.17. The van der Waals surface area contributed by atoms with Gasteiger partial charge in [0.25, 0.3) is 0 Å². The molecule has 0 saturated carbocycles. The minimum absolute atomic E-state index is 0.0130. The molecule has 1 fully saturated rings. The molecule has 0 radical (unpaired) electrons. The fourth-order valence-electron chi connectivity index (χ4n) is 4.94. The van der Waals surface area contributed by atoms with Crippen molar-refractivity contribution in [2.75, 3.05) is 13.1 Å². The minimum atomic E-state index is -0.261. The molecule has 1 unspecified atom stereocenters. The third-order valence-corrected chi connectivity index (χ3v) is 7.26. The van der Waals surface area contributed by atoms with E-state index >= 15 is 0 Å². The number of hydrogen-bond donors (Lipinski definition) is 1. The van der Waals surface area contributed by atoms with Gasteiger partial charge in [-0.15, -0.1) is 0 Å². The van der Waals surface area contributed by atoms with Crippen molar-refractivity contribution in [1.82, 2.24) is 10.2 Å². The Balaban J connectivity index is 1.33. The molecule has 1 aliphatic heterocycles. The van der Waals surface area contributed by atoms with Gasteiger partial charge in [-0.3, -0.25) is 9.69 Å². The van der Waals surface area contributed by atoms with E-state index in [-0.39, 0.29) is 23.7 Å². The number of piperidine rings is 1. The number of hydrogen-bond acceptors (Lipinski definition) is 2. The third-order valence-electron chi connectivity index (χ3n) is 6.90. The van der Waals surface area contributed by atoms with Crippen LogP contribution >= 0.6 is 11.6 Å². The Morgan fingerprint density at radius 3 is 2.61 bits per heavy atom. The molecule has 2 aromatic rings. The molecule has 2 aromatic carbocycles. The van der Waals surface area contributed by atoms with Crippen molar-refractivity contribution in [2.45, 2.75) is 64.5 Å². The van der Waals surface area contributed by atoms with E-state index in [0.29, 0.717) is 17.1 Å². The third kappa shape index (κ3) is 5.30. The average molecular weight is 443 g/mol. The number of likely N-dealkylation sites (tertiary alicyclic amines) is 1. The Kier molecular flexibility index (Phi) is 7.29. The van der Waals surface area contributed by atoms with Crippen LogP contribution in [-0.4, -0.2) is 23.9 Å². The molecule has 3 nitrogen and oxygen atoms in total. The van der Waals surface area contributed by atoms with Crippen molar-refractivity contribution in [3.63, 3.8) is 0 Å². The maximum Gasteiger partial charge on any atom is 0.223 e. The van der Waals surface area contributed by atoms with Gasteiger partial charge in [-0.1, -0.05) is 42.8 Å². The molecule has 1 amide bonds. The van der Waals surface area contributed by atoms with Crippen LogP contribution in [-0.2, 0) is 24.2 Å². The Bertz CT molecular complexity index is 903. The van der Waals surface area contributed by atoms with E-state index in [1.165, 1.54) is 42.0 Å². The van der Waals surface area contributed by atoms with Crippen LogP contribution in [0.3, 0.4) is 0 Å². The number of benzene rings is 2. The van der Waals surface area contributed by atoms with Gasteiger partial charge in [0, 0.05) is 23.0 Å². The summed E-state index contributed by atoms with van der Waals surface area (Å²) in [5, 5.41) is 3.77. The molecule has 4 rings (SSSR count). The second kappa shape index (κ2) is 10.1. The number of aryl methyl sites for hydroxylation is 2. The lowest BCUT2D eigenvalue weighted by Gasteiger charge is -2.32.